The molecule has 3 heteroatoms. The molecule has 0 radical (unpaired) electrons. The molecule has 1 nitrogen and oxygen atoms in total. The normalized spacial score (nSPS) is 13.4. The summed E-state index contributed by atoms with van der Waals surface area (Å²) in [5.74, 6) is -0.687. The van der Waals surface area contributed by atoms with E-state index in [2.05, 4.69) is 13.2 Å². The van der Waals surface area contributed by atoms with Gasteiger partial charge in [-0.2, -0.15) is 0 Å². The number of hydrogen-bond donors (Lipinski definition) is 0. The highest BCUT2D eigenvalue weighted by Gasteiger charge is 2.16. The van der Waals surface area contributed by atoms with Crippen LogP contribution in [0.2, 0.25) is 0 Å². The van der Waals surface area contributed by atoms with Crippen molar-refractivity contribution in [1.29, 1.82) is 0 Å². The summed E-state index contributed by atoms with van der Waals surface area (Å²) < 4.78 is 32.5. The van der Waals surface area contributed by atoms with Gasteiger partial charge in [0, 0.05) is 0 Å². The van der Waals surface area contributed by atoms with Crippen molar-refractivity contribution in [3.63, 3.8) is 0 Å². The van der Waals surface area contributed by atoms with Crippen LogP contribution in [0.3, 0.4) is 0 Å². The Morgan fingerprint density at radius 3 is 1.57 bits per heavy atom. The molecule has 2 aromatic rings. The molecule has 0 aliphatic rings. The molecule has 0 aromatic heterocycles. The van der Waals surface area contributed by atoms with Gasteiger partial charge in [-0.1, -0.05) is 36.4 Å². The third-order valence-electron chi connectivity index (χ3n) is 3.08. The van der Waals surface area contributed by atoms with Gasteiger partial charge in [0.2, 0.25) is 0 Å². The predicted molar refractivity (Wildman–Crippen MR) is 79.8 cm³/mol. The van der Waals surface area contributed by atoms with E-state index in [4.69, 9.17) is 4.74 Å². The number of ether oxygens (including phenoxy) is 1. The van der Waals surface area contributed by atoms with Crippen molar-refractivity contribution < 1.29 is 13.5 Å². The summed E-state index contributed by atoms with van der Waals surface area (Å²) in [6.07, 6.45) is 2.13. The quantitative estimate of drug-likeness (QED) is 0.668. The van der Waals surface area contributed by atoms with E-state index in [1.54, 1.807) is 36.4 Å². The summed E-state index contributed by atoms with van der Waals surface area (Å²) in [4.78, 5) is 0. The van der Waals surface area contributed by atoms with Crippen molar-refractivity contribution in [1.82, 2.24) is 0 Å². The summed E-state index contributed by atoms with van der Waals surface area (Å²) in [6.45, 7) is 7.42. The van der Waals surface area contributed by atoms with Crippen LogP contribution in [0.5, 0.6) is 0 Å². The lowest BCUT2D eigenvalue weighted by Crippen LogP contribution is -2.07. The summed E-state index contributed by atoms with van der Waals surface area (Å²) in [5.41, 5.74) is 1.29. The molecule has 0 aliphatic carbocycles. The van der Waals surface area contributed by atoms with Gasteiger partial charge < -0.3 is 4.74 Å². The van der Waals surface area contributed by atoms with E-state index in [-0.39, 0.29) is 11.6 Å². The molecular weight excluding hydrogens is 270 g/mol. The van der Waals surface area contributed by atoms with Gasteiger partial charge in [0.25, 0.3) is 0 Å². The fourth-order valence-electron chi connectivity index (χ4n) is 2.07. The molecule has 0 saturated carbocycles. The lowest BCUT2D eigenvalue weighted by molar-refractivity contribution is 0.0400. The lowest BCUT2D eigenvalue weighted by atomic mass is 10.1. The number of hydrogen-bond acceptors (Lipinski definition) is 1. The molecule has 0 bridgehead atoms. The van der Waals surface area contributed by atoms with Gasteiger partial charge in [0.15, 0.2) is 0 Å². The van der Waals surface area contributed by atoms with Gasteiger partial charge in [-0.15, -0.1) is 13.2 Å². The van der Waals surface area contributed by atoms with Crippen LogP contribution in [0.15, 0.2) is 73.8 Å². The van der Waals surface area contributed by atoms with Gasteiger partial charge in [0.1, 0.15) is 23.8 Å². The minimum Gasteiger partial charge on any atom is -0.357 e. The molecule has 0 amide bonds. The topological polar surface area (TPSA) is 9.23 Å². The Labute approximate surface area is 123 Å². The monoisotopic (exact) mass is 286 g/mol. The number of rotatable bonds is 6. The van der Waals surface area contributed by atoms with E-state index in [9.17, 15) is 8.78 Å². The Balaban J connectivity index is 2.23. The van der Waals surface area contributed by atoms with Gasteiger partial charge >= 0.3 is 0 Å². The Morgan fingerprint density at radius 2 is 1.24 bits per heavy atom. The van der Waals surface area contributed by atoms with Gasteiger partial charge in [0.05, 0.1) is 0 Å². The van der Waals surface area contributed by atoms with E-state index in [1.807, 2.05) is 0 Å². The Morgan fingerprint density at radius 1 is 0.810 bits per heavy atom. The molecule has 0 heterocycles. The minimum absolute atomic E-state index is 0.344. The van der Waals surface area contributed by atoms with E-state index < -0.39 is 12.2 Å². The van der Waals surface area contributed by atoms with Crippen molar-refractivity contribution in [2.45, 2.75) is 12.2 Å². The van der Waals surface area contributed by atoms with Gasteiger partial charge in [-0.25, -0.2) is 8.78 Å². The van der Waals surface area contributed by atoms with E-state index in [1.165, 1.54) is 24.3 Å². The Hall–Kier alpha value is -2.26. The predicted octanol–water partition coefficient (Wildman–Crippen LogP) is 5.14. The average molecular weight is 286 g/mol. The van der Waals surface area contributed by atoms with Crippen LogP contribution in [0, 0.1) is 11.6 Å². The average Bonchev–Trinajstić information content (AvgIpc) is 2.48. The SMILES string of the molecule is C=CC(OC(C=C)c1cccc(F)c1)c1cccc(F)c1. The summed E-state index contributed by atoms with van der Waals surface area (Å²) in [6, 6.07) is 12.2. The van der Waals surface area contributed by atoms with E-state index in [0.29, 0.717) is 11.1 Å². The number of benzene rings is 2. The highest BCUT2D eigenvalue weighted by molar-refractivity contribution is 5.25. The number of halogens is 2. The summed E-state index contributed by atoms with van der Waals surface area (Å²) in [5, 5.41) is 0. The molecule has 2 rings (SSSR count). The van der Waals surface area contributed by atoms with Crippen molar-refractivity contribution in [2.75, 3.05) is 0 Å². The first-order valence-corrected chi connectivity index (χ1v) is 6.55. The molecule has 0 spiro atoms. The van der Waals surface area contributed by atoms with Crippen LogP contribution in [-0.4, -0.2) is 0 Å². The highest BCUT2D eigenvalue weighted by atomic mass is 19.1. The minimum atomic E-state index is -0.507. The summed E-state index contributed by atoms with van der Waals surface area (Å²) in [7, 11) is 0. The molecule has 0 fully saturated rings. The van der Waals surface area contributed by atoms with Gasteiger partial charge in [-0.3, -0.25) is 0 Å². The molecule has 108 valence electrons. The maximum absolute atomic E-state index is 13.3. The van der Waals surface area contributed by atoms with E-state index in [0.717, 1.165) is 0 Å². The molecular formula is C18H16F2O. The first-order chi connectivity index (χ1) is 10.1. The maximum Gasteiger partial charge on any atom is 0.123 e. The zero-order chi connectivity index (χ0) is 15.2. The molecule has 0 aliphatic heterocycles. The van der Waals surface area contributed by atoms with Crippen molar-refractivity contribution in [3.8, 4) is 0 Å². The van der Waals surface area contributed by atoms with Crippen LogP contribution in [0.4, 0.5) is 8.78 Å². The second-order valence-electron chi connectivity index (χ2n) is 4.56. The third kappa shape index (κ3) is 3.86. The standard InChI is InChI=1S/C18H16F2O/c1-3-17(13-7-5-9-15(19)11-13)21-18(4-2)14-8-6-10-16(20)12-14/h3-12,17-18H,1-2H2. The lowest BCUT2D eigenvalue weighted by Gasteiger charge is -2.21. The Kier molecular flexibility index (Phi) is 5.01. The largest absolute Gasteiger partial charge is 0.357 e. The molecule has 2 unspecified atom stereocenters. The first kappa shape index (κ1) is 15.1. The smallest absolute Gasteiger partial charge is 0.123 e. The van der Waals surface area contributed by atoms with Crippen LogP contribution < -0.4 is 0 Å². The summed E-state index contributed by atoms with van der Waals surface area (Å²) >= 11 is 0. The fourth-order valence-corrected chi connectivity index (χ4v) is 2.07. The van der Waals surface area contributed by atoms with Crippen LogP contribution >= 0.6 is 0 Å². The zero-order valence-electron chi connectivity index (χ0n) is 11.5. The van der Waals surface area contributed by atoms with Crippen LogP contribution in [0.25, 0.3) is 0 Å². The molecule has 2 atom stereocenters. The van der Waals surface area contributed by atoms with Crippen molar-refractivity contribution >= 4 is 0 Å². The highest BCUT2D eigenvalue weighted by Crippen LogP contribution is 2.29. The van der Waals surface area contributed by atoms with Crippen molar-refractivity contribution in [3.05, 3.63) is 96.6 Å². The van der Waals surface area contributed by atoms with Crippen LogP contribution in [0.1, 0.15) is 23.3 Å². The second kappa shape index (κ2) is 6.95. The molecule has 0 N–H and O–H groups in total. The molecule has 0 saturated heterocycles. The van der Waals surface area contributed by atoms with Gasteiger partial charge in [-0.05, 0) is 35.4 Å². The van der Waals surface area contributed by atoms with Crippen molar-refractivity contribution in [2.24, 2.45) is 0 Å². The first-order valence-electron chi connectivity index (χ1n) is 6.55. The maximum atomic E-state index is 13.3. The zero-order valence-corrected chi connectivity index (χ0v) is 11.5. The molecule has 21 heavy (non-hydrogen) atoms. The Bertz CT molecular complexity index is 581. The third-order valence-corrected chi connectivity index (χ3v) is 3.08. The van der Waals surface area contributed by atoms with Crippen LogP contribution in [-0.2, 0) is 4.74 Å². The fraction of sp³-hybridized carbons (Fsp3) is 0.111. The van der Waals surface area contributed by atoms with E-state index >= 15 is 0 Å². The second-order valence-corrected chi connectivity index (χ2v) is 4.56. The molecule has 2 aromatic carbocycles.